The summed E-state index contributed by atoms with van der Waals surface area (Å²) in [5.41, 5.74) is 7.44. The van der Waals surface area contributed by atoms with Crippen LogP contribution < -0.4 is 15.8 Å². The van der Waals surface area contributed by atoms with Gasteiger partial charge in [-0.2, -0.15) is 0 Å². The van der Waals surface area contributed by atoms with Gasteiger partial charge < -0.3 is 15.8 Å². The van der Waals surface area contributed by atoms with Crippen molar-refractivity contribution in [2.45, 2.75) is 13.1 Å². The van der Waals surface area contributed by atoms with E-state index in [2.05, 4.69) is 5.32 Å². The fraction of sp³-hybridized carbons (Fsp3) is 0.188. The van der Waals surface area contributed by atoms with Gasteiger partial charge in [-0.3, -0.25) is 4.79 Å². The molecule has 5 heteroatoms. The smallest absolute Gasteiger partial charge is 0.258 e. The van der Waals surface area contributed by atoms with Crippen molar-refractivity contribution in [3.05, 3.63) is 64.7 Å². The summed E-state index contributed by atoms with van der Waals surface area (Å²) in [6.45, 7) is 0.733. The standard InChI is InChI=1S/C16H17ClN2O2/c17-14-6-7-15(13(8-14)9-18)21-11-16(20)19-10-12-4-2-1-3-5-12/h1-8H,9-11,18H2,(H,19,20). The van der Waals surface area contributed by atoms with E-state index in [9.17, 15) is 4.79 Å². The van der Waals surface area contributed by atoms with Crippen molar-refractivity contribution < 1.29 is 9.53 Å². The number of benzene rings is 2. The molecule has 0 saturated carbocycles. The first-order chi connectivity index (χ1) is 10.2. The predicted octanol–water partition coefficient (Wildman–Crippen LogP) is 2.49. The second kappa shape index (κ2) is 7.67. The average molecular weight is 305 g/mol. The van der Waals surface area contributed by atoms with Crippen molar-refractivity contribution in [1.29, 1.82) is 0 Å². The van der Waals surface area contributed by atoms with Crippen molar-refractivity contribution >= 4 is 17.5 Å². The van der Waals surface area contributed by atoms with Gasteiger partial charge in [0.25, 0.3) is 5.91 Å². The molecule has 0 bridgehead atoms. The molecule has 0 aliphatic rings. The van der Waals surface area contributed by atoms with Crippen LogP contribution in [-0.4, -0.2) is 12.5 Å². The van der Waals surface area contributed by atoms with Crippen molar-refractivity contribution in [1.82, 2.24) is 5.32 Å². The summed E-state index contributed by atoms with van der Waals surface area (Å²) in [6, 6.07) is 14.9. The molecule has 110 valence electrons. The predicted molar refractivity (Wildman–Crippen MR) is 83.1 cm³/mol. The molecule has 0 saturated heterocycles. The molecule has 4 nitrogen and oxygen atoms in total. The molecule has 2 aromatic rings. The highest BCUT2D eigenvalue weighted by Gasteiger charge is 2.07. The Morgan fingerprint density at radius 2 is 1.95 bits per heavy atom. The van der Waals surface area contributed by atoms with E-state index in [1.807, 2.05) is 30.3 Å². The van der Waals surface area contributed by atoms with Gasteiger partial charge in [-0.1, -0.05) is 41.9 Å². The molecular weight excluding hydrogens is 288 g/mol. The van der Waals surface area contributed by atoms with E-state index < -0.39 is 0 Å². The Hall–Kier alpha value is -2.04. The Labute approximate surface area is 128 Å². The highest BCUT2D eigenvalue weighted by Crippen LogP contribution is 2.22. The lowest BCUT2D eigenvalue weighted by Gasteiger charge is -2.11. The first-order valence-corrected chi connectivity index (χ1v) is 6.99. The van der Waals surface area contributed by atoms with Crippen LogP contribution in [0.15, 0.2) is 48.5 Å². The fourth-order valence-electron chi connectivity index (χ4n) is 1.84. The maximum absolute atomic E-state index is 11.8. The van der Waals surface area contributed by atoms with Crippen LogP contribution in [0.1, 0.15) is 11.1 Å². The monoisotopic (exact) mass is 304 g/mol. The van der Waals surface area contributed by atoms with Gasteiger partial charge in [0.05, 0.1) is 0 Å². The van der Waals surface area contributed by atoms with Crippen LogP contribution in [0.2, 0.25) is 5.02 Å². The zero-order chi connectivity index (χ0) is 15.1. The maximum Gasteiger partial charge on any atom is 0.258 e. The Bertz CT molecular complexity index is 602. The van der Waals surface area contributed by atoms with Crippen LogP contribution in [-0.2, 0) is 17.9 Å². The van der Waals surface area contributed by atoms with Gasteiger partial charge in [-0.05, 0) is 23.8 Å². The number of carbonyl (C=O) groups is 1. The van der Waals surface area contributed by atoms with Gasteiger partial charge in [0.1, 0.15) is 5.75 Å². The summed E-state index contributed by atoms with van der Waals surface area (Å²) >= 11 is 5.89. The molecule has 0 aliphatic heterocycles. The van der Waals surface area contributed by atoms with Gasteiger partial charge in [0.15, 0.2) is 6.61 Å². The molecule has 0 radical (unpaired) electrons. The van der Waals surface area contributed by atoms with Crippen LogP contribution in [0.4, 0.5) is 0 Å². The van der Waals surface area contributed by atoms with Crippen molar-refractivity contribution in [3.63, 3.8) is 0 Å². The molecule has 0 spiro atoms. The van der Waals surface area contributed by atoms with Crippen LogP contribution in [0.3, 0.4) is 0 Å². The van der Waals surface area contributed by atoms with Crippen molar-refractivity contribution in [3.8, 4) is 5.75 Å². The lowest BCUT2D eigenvalue weighted by molar-refractivity contribution is -0.123. The largest absolute Gasteiger partial charge is 0.483 e. The highest BCUT2D eigenvalue weighted by atomic mass is 35.5. The first kappa shape index (κ1) is 15.4. The lowest BCUT2D eigenvalue weighted by Crippen LogP contribution is -2.28. The molecule has 0 atom stereocenters. The zero-order valence-corrected chi connectivity index (χ0v) is 12.3. The van der Waals surface area contributed by atoms with Gasteiger partial charge in [-0.15, -0.1) is 0 Å². The number of nitrogens with two attached hydrogens (primary N) is 1. The Kier molecular flexibility index (Phi) is 5.60. The van der Waals surface area contributed by atoms with Crippen LogP contribution >= 0.6 is 11.6 Å². The third-order valence-corrected chi connectivity index (χ3v) is 3.17. The highest BCUT2D eigenvalue weighted by molar-refractivity contribution is 6.30. The van der Waals surface area contributed by atoms with E-state index in [0.717, 1.165) is 11.1 Å². The summed E-state index contributed by atoms with van der Waals surface area (Å²) in [5.74, 6) is 0.397. The van der Waals surface area contributed by atoms with E-state index in [1.54, 1.807) is 18.2 Å². The second-order valence-corrected chi connectivity index (χ2v) is 4.94. The molecular formula is C16H17ClN2O2. The molecule has 0 aliphatic carbocycles. The topological polar surface area (TPSA) is 64.3 Å². The Morgan fingerprint density at radius 1 is 1.19 bits per heavy atom. The first-order valence-electron chi connectivity index (χ1n) is 6.61. The summed E-state index contributed by atoms with van der Waals surface area (Å²) < 4.78 is 5.48. The summed E-state index contributed by atoms with van der Waals surface area (Å²) in [6.07, 6.45) is 0. The minimum Gasteiger partial charge on any atom is -0.483 e. The Balaban J connectivity index is 1.84. The minimum atomic E-state index is -0.184. The molecule has 21 heavy (non-hydrogen) atoms. The normalized spacial score (nSPS) is 10.2. The molecule has 0 aromatic heterocycles. The molecule has 2 aromatic carbocycles. The van der Waals surface area contributed by atoms with Crippen molar-refractivity contribution in [2.75, 3.05) is 6.61 Å². The van der Waals surface area contributed by atoms with E-state index in [-0.39, 0.29) is 12.5 Å². The summed E-state index contributed by atoms with van der Waals surface area (Å²) in [4.78, 5) is 11.8. The number of ether oxygens (including phenoxy) is 1. The number of nitrogens with one attached hydrogen (secondary N) is 1. The van der Waals surface area contributed by atoms with E-state index in [0.29, 0.717) is 23.9 Å². The number of hydrogen-bond donors (Lipinski definition) is 2. The van der Waals surface area contributed by atoms with Crippen LogP contribution in [0.25, 0.3) is 0 Å². The second-order valence-electron chi connectivity index (χ2n) is 4.51. The van der Waals surface area contributed by atoms with Gasteiger partial charge in [0.2, 0.25) is 0 Å². The SMILES string of the molecule is NCc1cc(Cl)ccc1OCC(=O)NCc1ccccc1. The summed E-state index contributed by atoms with van der Waals surface area (Å²) in [7, 11) is 0. The van der Waals surface area contributed by atoms with Gasteiger partial charge in [-0.25, -0.2) is 0 Å². The number of hydrogen-bond acceptors (Lipinski definition) is 3. The molecule has 1 amide bonds. The van der Waals surface area contributed by atoms with Gasteiger partial charge >= 0.3 is 0 Å². The molecule has 2 rings (SSSR count). The number of amides is 1. The van der Waals surface area contributed by atoms with E-state index in [1.165, 1.54) is 0 Å². The van der Waals surface area contributed by atoms with E-state index in [4.69, 9.17) is 22.1 Å². The molecule has 0 unspecified atom stereocenters. The maximum atomic E-state index is 11.8. The molecule has 0 fully saturated rings. The summed E-state index contributed by atoms with van der Waals surface area (Å²) in [5, 5.41) is 3.39. The van der Waals surface area contributed by atoms with Gasteiger partial charge in [0, 0.05) is 23.7 Å². The Morgan fingerprint density at radius 3 is 2.67 bits per heavy atom. The third-order valence-electron chi connectivity index (χ3n) is 2.93. The molecule has 0 heterocycles. The zero-order valence-electron chi connectivity index (χ0n) is 11.5. The van der Waals surface area contributed by atoms with Crippen LogP contribution in [0, 0.1) is 0 Å². The quantitative estimate of drug-likeness (QED) is 0.862. The number of rotatable bonds is 6. The number of halogens is 1. The van der Waals surface area contributed by atoms with Crippen molar-refractivity contribution in [2.24, 2.45) is 5.73 Å². The third kappa shape index (κ3) is 4.77. The van der Waals surface area contributed by atoms with E-state index >= 15 is 0 Å². The van der Waals surface area contributed by atoms with Crippen LogP contribution in [0.5, 0.6) is 5.75 Å². The lowest BCUT2D eigenvalue weighted by atomic mass is 10.2. The fourth-order valence-corrected chi connectivity index (χ4v) is 2.03. The molecule has 3 N–H and O–H groups in total. The minimum absolute atomic E-state index is 0.0541. The average Bonchev–Trinajstić information content (AvgIpc) is 2.52. The number of carbonyl (C=O) groups excluding carboxylic acids is 1.